The van der Waals surface area contributed by atoms with Crippen LogP contribution < -0.4 is 0 Å². The molecule has 0 spiro atoms. The second-order valence-corrected chi connectivity index (χ2v) is 15.6. The Morgan fingerprint density at radius 2 is 1.30 bits per heavy atom. The Morgan fingerprint density at radius 1 is 0.590 bits per heavy atom. The summed E-state index contributed by atoms with van der Waals surface area (Å²) in [6.45, 7) is 0.0937. The molecule has 3 nitrogen and oxygen atoms in total. The number of benzene rings is 8. The molecule has 8 aromatic carbocycles. The third-order valence-corrected chi connectivity index (χ3v) is 11.7. The molecule has 1 radical (unpaired) electrons. The number of aromatic nitrogens is 3. The van der Waals surface area contributed by atoms with Gasteiger partial charge in [-0.2, -0.15) is 0 Å². The van der Waals surface area contributed by atoms with Crippen molar-refractivity contribution in [3.8, 4) is 61.7 Å². The van der Waals surface area contributed by atoms with E-state index in [4.69, 9.17) is 9.10 Å². The van der Waals surface area contributed by atoms with E-state index in [0.717, 1.165) is 44.8 Å². The second-order valence-electron chi connectivity index (χ2n) is 14.7. The summed E-state index contributed by atoms with van der Waals surface area (Å²) in [5.41, 5.74) is 14.3. The summed E-state index contributed by atoms with van der Waals surface area (Å²) in [6.07, 6.45) is 1.39. The molecule has 11 aromatic rings. The van der Waals surface area contributed by atoms with Crippen LogP contribution in [-0.2, 0) is 20.1 Å². The predicted molar refractivity (Wildman–Crippen MR) is 253 cm³/mol. The van der Waals surface area contributed by atoms with Crippen molar-refractivity contribution in [3.63, 3.8) is 0 Å². The SMILES string of the molecule is Cc1cc(-c2ccccc2)c(-n2c(-c3[c-]sc4ccc(-c5cccc6ccccc56)cc34)nc3ccccc32)c(-c2ccccc2)c1.[2H]C([2H])([2H])c1ccc(-c2[c-]cccc2)nc1.[Ir]. The Bertz CT molecular complexity index is 3320. The Balaban J connectivity index is 0.000000258. The van der Waals surface area contributed by atoms with Crippen LogP contribution in [0, 0.1) is 25.2 Å². The van der Waals surface area contributed by atoms with Crippen LogP contribution in [-0.4, -0.2) is 14.5 Å². The fraction of sp³-hybridized carbons (Fsp3) is 0.0357. The molecular formula is C56H39IrN3S-2. The number of hydrogen-bond donors (Lipinski definition) is 0. The van der Waals surface area contributed by atoms with Gasteiger partial charge in [0.1, 0.15) is 0 Å². The van der Waals surface area contributed by atoms with Crippen LogP contribution in [0.15, 0.2) is 200 Å². The minimum absolute atomic E-state index is 0. The Labute approximate surface area is 378 Å². The van der Waals surface area contributed by atoms with E-state index in [-0.39, 0.29) is 25.7 Å². The smallest absolute Gasteiger partial charge is 0.0774 e. The molecule has 0 atom stereocenters. The van der Waals surface area contributed by atoms with E-state index < -0.39 is 6.85 Å². The number of para-hydroxylation sites is 2. The van der Waals surface area contributed by atoms with Gasteiger partial charge in [-0.05, 0) is 87.9 Å². The zero-order valence-corrected chi connectivity index (χ0v) is 36.3. The Hall–Kier alpha value is -6.75. The first-order valence-electron chi connectivity index (χ1n) is 21.4. The number of rotatable bonds is 6. The summed E-state index contributed by atoms with van der Waals surface area (Å²) in [5.74, 6) is 0.894. The van der Waals surface area contributed by atoms with Gasteiger partial charge in [0.05, 0.1) is 22.5 Å². The van der Waals surface area contributed by atoms with Crippen molar-refractivity contribution in [2.75, 3.05) is 0 Å². The maximum absolute atomic E-state index is 7.23. The average Bonchev–Trinajstić information content (AvgIpc) is 3.93. The van der Waals surface area contributed by atoms with Crippen molar-refractivity contribution in [1.29, 1.82) is 0 Å². The van der Waals surface area contributed by atoms with Gasteiger partial charge in [0.15, 0.2) is 0 Å². The van der Waals surface area contributed by atoms with E-state index in [2.05, 4.69) is 186 Å². The van der Waals surface area contributed by atoms with Crippen LogP contribution in [0.3, 0.4) is 0 Å². The first kappa shape index (κ1) is 36.1. The largest absolute Gasteiger partial charge is 0.332 e. The summed E-state index contributed by atoms with van der Waals surface area (Å²) in [5, 5.41) is 7.36. The van der Waals surface area contributed by atoms with Crippen LogP contribution in [0.2, 0.25) is 0 Å². The van der Waals surface area contributed by atoms with Crippen molar-refractivity contribution >= 4 is 43.2 Å². The molecule has 0 fully saturated rings. The number of pyridine rings is 1. The molecule has 3 aromatic heterocycles. The standard InChI is InChI=1S/C44H29N2S.C12H10N.Ir/c1-29-25-36(31-13-4-2-5-14-31)43(37(26-29)32-15-6-3-7-16-32)46-41-22-11-10-21-40(41)45-44(46)39-28-47-42-24-23-33(27-38(39)42)35-20-12-18-30-17-8-9-19-34(30)35;1-10-7-8-12(13-9-10)11-5-3-2-4-6-11;/h2-27H,1H3;2-5,7-9H,1H3;/q2*-1;/i;1D3;. The number of aryl methyl sites for hydroxylation is 2. The van der Waals surface area contributed by atoms with Crippen molar-refractivity contribution in [2.45, 2.75) is 13.8 Å². The predicted octanol–water partition coefficient (Wildman–Crippen LogP) is 15.0. The van der Waals surface area contributed by atoms with E-state index in [1.165, 1.54) is 60.6 Å². The first-order valence-corrected chi connectivity index (χ1v) is 20.7. The zero-order valence-electron chi connectivity index (χ0n) is 36.1. The van der Waals surface area contributed by atoms with Crippen molar-refractivity contribution in [1.82, 2.24) is 14.5 Å². The number of nitrogens with zero attached hydrogens (tertiary/aromatic N) is 3. The topological polar surface area (TPSA) is 30.7 Å². The maximum Gasteiger partial charge on any atom is 0.0774 e. The van der Waals surface area contributed by atoms with E-state index in [0.29, 0.717) is 0 Å². The van der Waals surface area contributed by atoms with Gasteiger partial charge in [-0.25, -0.2) is 0 Å². The first-order chi connectivity index (χ1) is 30.8. The summed E-state index contributed by atoms with van der Waals surface area (Å²) < 4.78 is 25.3. The van der Waals surface area contributed by atoms with E-state index >= 15 is 0 Å². The monoisotopic (exact) mass is 981 g/mol. The van der Waals surface area contributed by atoms with Crippen molar-refractivity contribution < 1.29 is 24.2 Å². The number of hydrogen-bond acceptors (Lipinski definition) is 3. The van der Waals surface area contributed by atoms with E-state index in [9.17, 15) is 0 Å². The van der Waals surface area contributed by atoms with Crippen LogP contribution in [0.1, 0.15) is 15.2 Å². The zero-order chi connectivity index (χ0) is 42.9. The van der Waals surface area contributed by atoms with Gasteiger partial charge in [0.2, 0.25) is 0 Å². The molecular weight excluding hydrogens is 939 g/mol. The summed E-state index contributed by atoms with van der Waals surface area (Å²) >= 11 is 1.66. The van der Waals surface area contributed by atoms with Crippen LogP contribution in [0.5, 0.6) is 0 Å². The molecule has 0 N–H and O–H groups in total. The number of thiophene rings is 1. The van der Waals surface area contributed by atoms with Crippen LogP contribution in [0.4, 0.5) is 0 Å². The minimum atomic E-state index is -2.09. The molecule has 11 rings (SSSR count). The molecule has 0 unspecified atom stereocenters. The molecule has 5 heteroatoms. The van der Waals surface area contributed by atoms with Gasteiger partial charge in [0.25, 0.3) is 0 Å². The van der Waals surface area contributed by atoms with Crippen LogP contribution in [0.25, 0.3) is 93.6 Å². The molecule has 0 saturated carbocycles. The molecule has 0 bridgehead atoms. The fourth-order valence-corrected chi connectivity index (χ4v) is 8.83. The van der Waals surface area contributed by atoms with Gasteiger partial charge in [-0.15, -0.1) is 41.3 Å². The van der Waals surface area contributed by atoms with Gasteiger partial charge in [0, 0.05) is 41.5 Å². The normalized spacial score (nSPS) is 11.9. The molecule has 0 aliphatic heterocycles. The van der Waals surface area contributed by atoms with E-state index in [1.807, 2.05) is 18.2 Å². The van der Waals surface area contributed by atoms with Crippen molar-refractivity contribution in [2.24, 2.45) is 0 Å². The number of fused-ring (bicyclic) bond motifs is 3. The van der Waals surface area contributed by atoms with Gasteiger partial charge >= 0.3 is 0 Å². The number of imidazole rings is 1. The third-order valence-electron chi connectivity index (χ3n) is 10.8. The molecule has 0 aliphatic rings. The second kappa shape index (κ2) is 17.5. The summed E-state index contributed by atoms with van der Waals surface area (Å²) in [6, 6.07) is 70.3. The third kappa shape index (κ3) is 7.88. The minimum Gasteiger partial charge on any atom is -0.332 e. The molecule has 61 heavy (non-hydrogen) atoms. The van der Waals surface area contributed by atoms with Gasteiger partial charge in [-0.1, -0.05) is 161 Å². The van der Waals surface area contributed by atoms with Crippen LogP contribution >= 0.6 is 11.3 Å². The van der Waals surface area contributed by atoms with Gasteiger partial charge < -0.3 is 9.55 Å². The average molecular weight is 981 g/mol. The molecule has 3 heterocycles. The maximum atomic E-state index is 7.23. The fourth-order valence-electron chi connectivity index (χ4n) is 8.01. The molecule has 0 aliphatic carbocycles. The Morgan fingerprint density at radius 3 is 2.02 bits per heavy atom. The molecule has 295 valence electrons. The van der Waals surface area contributed by atoms with E-state index in [1.54, 1.807) is 29.5 Å². The Kier molecular flexibility index (Phi) is 10.3. The summed E-state index contributed by atoms with van der Waals surface area (Å²) in [7, 11) is 0. The molecule has 0 saturated heterocycles. The quantitative estimate of drug-likeness (QED) is 0.155. The molecule has 0 amide bonds. The van der Waals surface area contributed by atoms with Crippen molar-refractivity contribution in [3.05, 3.63) is 223 Å². The summed E-state index contributed by atoms with van der Waals surface area (Å²) in [4.78, 5) is 9.49. The van der Waals surface area contributed by atoms with Gasteiger partial charge in [-0.3, -0.25) is 16.3 Å².